The monoisotopic (exact) mass is 462 g/mol. The lowest BCUT2D eigenvalue weighted by atomic mass is 10.1. The van der Waals surface area contributed by atoms with Gasteiger partial charge < -0.3 is 19.7 Å². The van der Waals surface area contributed by atoms with Crippen LogP contribution in [0.15, 0.2) is 42.7 Å². The van der Waals surface area contributed by atoms with Crippen molar-refractivity contribution in [2.75, 3.05) is 43.2 Å². The number of ether oxygens (including phenoxy) is 2. The van der Waals surface area contributed by atoms with Crippen LogP contribution < -0.4 is 19.7 Å². The second-order valence-electron chi connectivity index (χ2n) is 8.47. The lowest BCUT2D eigenvalue weighted by molar-refractivity contribution is -0.383. The van der Waals surface area contributed by atoms with Gasteiger partial charge in [0.15, 0.2) is 11.5 Å². The summed E-state index contributed by atoms with van der Waals surface area (Å²) in [4.78, 5) is 24.4. The Morgan fingerprint density at radius 2 is 1.85 bits per heavy atom. The highest BCUT2D eigenvalue weighted by Gasteiger charge is 2.29. The second kappa shape index (κ2) is 9.14. The highest BCUT2D eigenvalue weighted by atomic mass is 16.7. The third-order valence-corrected chi connectivity index (χ3v) is 6.36. The molecule has 1 N–H and O–H groups in total. The fourth-order valence-corrected chi connectivity index (χ4v) is 4.29. The van der Waals surface area contributed by atoms with Gasteiger partial charge in [0, 0.05) is 38.4 Å². The van der Waals surface area contributed by atoms with Crippen LogP contribution >= 0.6 is 0 Å². The molecular weight excluding hydrogens is 436 g/mol. The molecule has 1 saturated heterocycles. The Hall–Kier alpha value is -3.92. The number of fused-ring (bicyclic) bond motifs is 1. The number of nitrogens with zero attached hydrogens (tertiary/aromatic N) is 5. The number of aromatic nitrogens is 2. The molecule has 1 fully saturated rings. The molecule has 2 aliphatic rings. The topological polar surface area (TPSA) is 106 Å². The molecule has 34 heavy (non-hydrogen) atoms. The second-order valence-corrected chi connectivity index (χ2v) is 8.47. The minimum absolute atomic E-state index is 0.104. The number of hydrogen-bond donors (Lipinski definition) is 1. The number of piperazine rings is 1. The van der Waals surface area contributed by atoms with Crippen LogP contribution in [-0.2, 0) is 6.54 Å². The summed E-state index contributed by atoms with van der Waals surface area (Å²) in [6.45, 7) is 7.79. The summed E-state index contributed by atoms with van der Waals surface area (Å²) in [5.74, 6) is 2.09. The van der Waals surface area contributed by atoms with Gasteiger partial charge in [0.25, 0.3) is 0 Å². The molecule has 3 aromatic rings. The zero-order chi connectivity index (χ0) is 23.7. The van der Waals surface area contributed by atoms with Gasteiger partial charge in [0.05, 0.1) is 4.92 Å². The van der Waals surface area contributed by atoms with Crippen molar-refractivity contribution in [2.45, 2.75) is 20.4 Å². The van der Waals surface area contributed by atoms with Crippen molar-refractivity contribution >= 4 is 23.0 Å². The van der Waals surface area contributed by atoms with E-state index >= 15 is 0 Å². The molecule has 0 spiro atoms. The molecule has 176 valence electrons. The molecule has 10 heteroatoms. The smallest absolute Gasteiger partial charge is 0.353 e. The first-order chi connectivity index (χ1) is 16.5. The summed E-state index contributed by atoms with van der Waals surface area (Å²) in [6.07, 6.45) is 1.38. The van der Waals surface area contributed by atoms with E-state index in [4.69, 9.17) is 9.47 Å². The lowest BCUT2D eigenvalue weighted by Gasteiger charge is -2.35. The standard InChI is InChI=1S/C24H26N6O4/c1-16-4-3-5-19(17(16)2)27-23-22(30(31)32)24(26-14-25-23)29-10-8-28(9-11-29)13-18-6-7-20-21(12-18)34-15-33-20/h3-7,12,14H,8-11,13,15H2,1-2H3,(H,25,26,27). The van der Waals surface area contributed by atoms with E-state index < -0.39 is 4.92 Å². The summed E-state index contributed by atoms with van der Waals surface area (Å²) >= 11 is 0. The molecule has 5 rings (SSSR count). The molecule has 0 amide bonds. The van der Waals surface area contributed by atoms with Crippen LogP contribution in [-0.4, -0.2) is 52.8 Å². The molecule has 2 aromatic carbocycles. The highest BCUT2D eigenvalue weighted by molar-refractivity contribution is 5.75. The van der Waals surface area contributed by atoms with Gasteiger partial charge in [-0.3, -0.25) is 15.0 Å². The van der Waals surface area contributed by atoms with Gasteiger partial charge in [-0.2, -0.15) is 0 Å². The van der Waals surface area contributed by atoms with E-state index in [0.29, 0.717) is 18.9 Å². The van der Waals surface area contributed by atoms with E-state index in [1.54, 1.807) is 0 Å². The largest absolute Gasteiger partial charge is 0.454 e. The first-order valence-electron chi connectivity index (χ1n) is 11.2. The normalized spacial score (nSPS) is 15.4. The Kier molecular flexibility index (Phi) is 5.89. The van der Waals surface area contributed by atoms with Gasteiger partial charge in [-0.15, -0.1) is 0 Å². The number of benzene rings is 2. The van der Waals surface area contributed by atoms with E-state index in [2.05, 4.69) is 20.2 Å². The van der Waals surface area contributed by atoms with Crippen LogP contribution in [0.2, 0.25) is 0 Å². The van der Waals surface area contributed by atoms with Crippen molar-refractivity contribution in [3.05, 3.63) is 69.5 Å². The van der Waals surface area contributed by atoms with Crippen molar-refractivity contribution in [1.82, 2.24) is 14.9 Å². The lowest BCUT2D eigenvalue weighted by Crippen LogP contribution is -2.46. The molecule has 3 heterocycles. The van der Waals surface area contributed by atoms with Crippen molar-refractivity contribution < 1.29 is 14.4 Å². The fourth-order valence-electron chi connectivity index (χ4n) is 4.29. The summed E-state index contributed by atoms with van der Waals surface area (Å²) in [6, 6.07) is 11.8. The maximum absolute atomic E-state index is 12.1. The van der Waals surface area contributed by atoms with E-state index in [9.17, 15) is 10.1 Å². The van der Waals surface area contributed by atoms with E-state index in [1.807, 2.05) is 55.1 Å². The van der Waals surface area contributed by atoms with E-state index in [-0.39, 0.29) is 18.3 Å². The van der Waals surface area contributed by atoms with E-state index in [0.717, 1.165) is 53.5 Å². The summed E-state index contributed by atoms with van der Waals surface area (Å²) < 4.78 is 10.9. The average molecular weight is 463 g/mol. The van der Waals surface area contributed by atoms with Crippen LogP contribution in [0.25, 0.3) is 0 Å². The quantitative estimate of drug-likeness (QED) is 0.432. The molecule has 0 bridgehead atoms. The third kappa shape index (κ3) is 4.32. The minimum Gasteiger partial charge on any atom is -0.454 e. The van der Waals surface area contributed by atoms with Crippen molar-refractivity contribution in [3.63, 3.8) is 0 Å². The van der Waals surface area contributed by atoms with Crippen molar-refractivity contribution in [3.8, 4) is 11.5 Å². The van der Waals surface area contributed by atoms with Gasteiger partial charge in [-0.1, -0.05) is 18.2 Å². The number of nitro groups is 1. The zero-order valence-corrected chi connectivity index (χ0v) is 19.2. The number of rotatable bonds is 6. The molecule has 1 aromatic heterocycles. The number of hydrogen-bond acceptors (Lipinski definition) is 9. The number of anilines is 3. The highest BCUT2D eigenvalue weighted by Crippen LogP contribution is 2.36. The summed E-state index contributed by atoms with van der Waals surface area (Å²) in [7, 11) is 0. The molecule has 10 nitrogen and oxygen atoms in total. The molecule has 0 unspecified atom stereocenters. The predicted molar refractivity (Wildman–Crippen MR) is 128 cm³/mol. The summed E-state index contributed by atoms with van der Waals surface area (Å²) in [5.41, 5.74) is 3.95. The van der Waals surface area contributed by atoms with E-state index in [1.165, 1.54) is 6.33 Å². The number of nitrogens with one attached hydrogen (secondary N) is 1. The van der Waals surface area contributed by atoms with Gasteiger partial charge >= 0.3 is 5.69 Å². The van der Waals surface area contributed by atoms with Crippen LogP contribution in [0.3, 0.4) is 0 Å². The summed E-state index contributed by atoms with van der Waals surface area (Å²) in [5, 5.41) is 15.2. The Bertz CT molecular complexity index is 1230. The fraction of sp³-hybridized carbons (Fsp3) is 0.333. The van der Waals surface area contributed by atoms with Crippen LogP contribution in [0.4, 0.5) is 23.0 Å². The maximum Gasteiger partial charge on any atom is 0.353 e. The van der Waals surface area contributed by atoms with Crippen molar-refractivity contribution in [1.29, 1.82) is 0 Å². The third-order valence-electron chi connectivity index (χ3n) is 6.36. The molecule has 0 aliphatic carbocycles. The predicted octanol–water partition coefficient (Wildman–Crippen LogP) is 3.80. The van der Waals surface area contributed by atoms with Crippen molar-refractivity contribution in [2.24, 2.45) is 0 Å². The SMILES string of the molecule is Cc1cccc(Nc2ncnc(N3CCN(Cc4ccc5c(c4)OCO5)CC3)c2[N+](=O)[O-])c1C. The maximum atomic E-state index is 12.1. The minimum atomic E-state index is -0.401. The first-order valence-corrected chi connectivity index (χ1v) is 11.2. The Morgan fingerprint density at radius 1 is 1.06 bits per heavy atom. The molecule has 0 saturated carbocycles. The van der Waals surface area contributed by atoms with Gasteiger partial charge in [-0.25, -0.2) is 9.97 Å². The zero-order valence-electron chi connectivity index (χ0n) is 19.2. The molecular formula is C24H26N6O4. The van der Waals surface area contributed by atoms with Gasteiger partial charge in [0.2, 0.25) is 18.4 Å². The number of aryl methyl sites for hydroxylation is 1. The molecule has 0 radical (unpaired) electrons. The molecule has 0 atom stereocenters. The van der Waals surface area contributed by atoms with Crippen LogP contribution in [0.5, 0.6) is 11.5 Å². The Balaban J connectivity index is 1.31. The Morgan fingerprint density at radius 3 is 2.65 bits per heavy atom. The molecule has 2 aliphatic heterocycles. The first kappa shape index (κ1) is 21.9. The van der Waals surface area contributed by atoms with Crippen LogP contribution in [0.1, 0.15) is 16.7 Å². The van der Waals surface area contributed by atoms with Crippen LogP contribution in [0, 0.1) is 24.0 Å². The van der Waals surface area contributed by atoms with Gasteiger partial charge in [0.1, 0.15) is 6.33 Å². The Labute approximate surface area is 197 Å². The van der Waals surface area contributed by atoms with Gasteiger partial charge in [-0.05, 0) is 48.7 Å². The average Bonchev–Trinajstić information content (AvgIpc) is 3.30.